The van der Waals surface area contributed by atoms with Crippen molar-refractivity contribution in [1.29, 1.82) is 0 Å². The molecule has 4 heteroatoms. The summed E-state index contributed by atoms with van der Waals surface area (Å²) in [5, 5.41) is 12.0. The molecule has 0 saturated heterocycles. The summed E-state index contributed by atoms with van der Waals surface area (Å²) in [6, 6.07) is 23.3. The summed E-state index contributed by atoms with van der Waals surface area (Å²) in [7, 11) is -3.32. The highest BCUT2D eigenvalue weighted by atomic mass is 31.2. The molecule has 116 valence electrons. The summed E-state index contributed by atoms with van der Waals surface area (Å²) in [5.41, 5.74) is 0.433. The lowest BCUT2D eigenvalue weighted by atomic mass is 10.2. The van der Waals surface area contributed by atoms with Crippen molar-refractivity contribution in [3.05, 3.63) is 96.3 Å². The van der Waals surface area contributed by atoms with Crippen LogP contribution in [-0.4, -0.2) is 5.11 Å². The molecule has 1 unspecified atom stereocenters. The van der Waals surface area contributed by atoms with E-state index in [0.717, 1.165) is 0 Å². The zero-order chi connectivity index (χ0) is 16.3. The Labute approximate surface area is 134 Å². The highest BCUT2D eigenvalue weighted by Crippen LogP contribution is 2.55. The van der Waals surface area contributed by atoms with Crippen molar-refractivity contribution in [1.82, 2.24) is 0 Å². The number of halogens is 1. The Morgan fingerprint density at radius 3 is 1.61 bits per heavy atom. The summed E-state index contributed by atoms with van der Waals surface area (Å²) in [5.74, 6) is -1.62. The fourth-order valence-electron chi connectivity index (χ4n) is 2.58. The molecule has 0 spiro atoms. The number of rotatable bonds is 4. The van der Waals surface area contributed by atoms with Gasteiger partial charge in [0.05, 0.1) is 0 Å². The van der Waals surface area contributed by atoms with Gasteiger partial charge < -0.3 is 9.67 Å². The summed E-state index contributed by atoms with van der Waals surface area (Å²) in [6.45, 7) is 0. The summed E-state index contributed by atoms with van der Waals surface area (Å²) >= 11 is 0. The molecule has 0 amide bonds. The van der Waals surface area contributed by atoms with Gasteiger partial charge in [0, 0.05) is 10.6 Å². The minimum Gasteiger partial charge on any atom is -0.380 e. The van der Waals surface area contributed by atoms with Gasteiger partial charge in [0.15, 0.2) is 7.14 Å². The second kappa shape index (κ2) is 6.49. The first-order chi connectivity index (χ1) is 11.1. The Balaban J connectivity index is 2.16. The lowest BCUT2D eigenvalue weighted by molar-refractivity contribution is 0.256. The molecule has 0 bridgehead atoms. The van der Waals surface area contributed by atoms with Crippen molar-refractivity contribution in [3.63, 3.8) is 0 Å². The SMILES string of the molecule is O=P(c1ccccc1)(c1ccccc1)C(O)c1ccc(F)cc1. The van der Waals surface area contributed by atoms with Crippen molar-refractivity contribution >= 4 is 17.8 Å². The minimum atomic E-state index is -3.32. The van der Waals surface area contributed by atoms with Crippen LogP contribution in [0.5, 0.6) is 0 Å². The van der Waals surface area contributed by atoms with Crippen molar-refractivity contribution in [2.24, 2.45) is 0 Å². The quantitative estimate of drug-likeness (QED) is 0.740. The summed E-state index contributed by atoms with van der Waals surface area (Å²) < 4.78 is 27.0. The van der Waals surface area contributed by atoms with E-state index in [1.165, 1.54) is 24.3 Å². The predicted molar refractivity (Wildman–Crippen MR) is 91.1 cm³/mol. The van der Waals surface area contributed by atoms with Gasteiger partial charge in [0.1, 0.15) is 11.7 Å². The Bertz CT molecular complexity index is 774. The number of hydrogen-bond acceptors (Lipinski definition) is 2. The van der Waals surface area contributed by atoms with Crippen LogP contribution in [0.15, 0.2) is 84.9 Å². The van der Waals surface area contributed by atoms with E-state index in [9.17, 15) is 14.1 Å². The van der Waals surface area contributed by atoms with Crippen LogP contribution < -0.4 is 10.6 Å². The van der Waals surface area contributed by atoms with Crippen molar-refractivity contribution in [2.45, 2.75) is 5.85 Å². The van der Waals surface area contributed by atoms with E-state index in [1.54, 1.807) is 48.5 Å². The zero-order valence-electron chi connectivity index (χ0n) is 12.3. The molecule has 2 nitrogen and oxygen atoms in total. The van der Waals surface area contributed by atoms with E-state index in [4.69, 9.17) is 0 Å². The third-order valence-corrected chi connectivity index (χ3v) is 6.91. The zero-order valence-corrected chi connectivity index (χ0v) is 13.2. The van der Waals surface area contributed by atoms with Crippen LogP contribution in [0.4, 0.5) is 4.39 Å². The molecule has 0 heterocycles. The number of aliphatic hydroxyl groups excluding tert-OH is 1. The highest BCUT2D eigenvalue weighted by molar-refractivity contribution is 7.78. The molecule has 0 aromatic heterocycles. The molecule has 3 aromatic rings. The Hall–Kier alpha value is -2.22. The maximum absolute atomic E-state index is 13.9. The smallest absolute Gasteiger partial charge is 0.174 e. The number of benzene rings is 3. The molecule has 0 saturated carbocycles. The van der Waals surface area contributed by atoms with Gasteiger partial charge >= 0.3 is 0 Å². The average molecular weight is 326 g/mol. The van der Waals surface area contributed by atoms with Crippen LogP contribution in [0, 0.1) is 5.82 Å². The maximum Gasteiger partial charge on any atom is 0.174 e. The van der Waals surface area contributed by atoms with Gasteiger partial charge in [-0.3, -0.25) is 0 Å². The Morgan fingerprint density at radius 2 is 1.17 bits per heavy atom. The first-order valence-corrected chi connectivity index (χ1v) is 9.04. The molecule has 3 aromatic carbocycles. The first-order valence-electron chi connectivity index (χ1n) is 7.27. The van der Waals surface area contributed by atoms with E-state index in [2.05, 4.69) is 0 Å². The molecule has 0 aliphatic carbocycles. The van der Waals surface area contributed by atoms with Crippen LogP contribution in [0.1, 0.15) is 11.4 Å². The molecule has 0 aliphatic rings. The lowest BCUT2D eigenvalue weighted by Gasteiger charge is -2.25. The molecular formula is C19H16FO2P. The standard InChI is InChI=1S/C19H16FO2P/c20-16-13-11-15(12-14-16)19(21)23(22,17-7-3-1-4-8-17)18-9-5-2-6-10-18/h1-14,19,21H. The molecule has 1 atom stereocenters. The van der Waals surface area contributed by atoms with Gasteiger partial charge in [-0.1, -0.05) is 72.8 Å². The predicted octanol–water partition coefficient (Wildman–Crippen LogP) is 3.83. The summed E-state index contributed by atoms with van der Waals surface area (Å²) in [4.78, 5) is 0. The van der Waals surface area contributed by atoms with E-state index < -0.39 is 18.8 Å². The highest BCUT2D eigenvalue weighted by Gasteiger charge is 2.36. The van der Waals surface area contributed by atoms with Crippen LogP contribution in [-0.2, 0) is 4.57 Å². The van der Waals surface area contributed by atoms with Crippen LogP contribution >= 0.6 is 7.14 Å². The fourth-order valence-corrected chi connectivity index (χ4v) is 5.26. The van der Waals surface area contributed by atoms with E-state index in [0.29, 0.717) is 16.2 Å². The molecule has 0 fully saturated rings. The maximum atomic E-state index is 13.9. The third kappa shape index (κ3) is 2.98. The van der Waals surface area contributed by atoms with E-state index in [1.807, 2.05) is 12.1 Å². The van der Waals surface area contributed by atoms with E-state index in [-0.39, 0.29) is 0 Å². The minimum absolute atomic E-state index is 0.393. The second-order valence-corrected chi connectivity index (χ2v) is 8.09. The molecule has 1 N–H and O–H groups in total. The second-order valence-electron chi connectivity index (χ2n) is 5.25. The van der Waals surface area contributed by atoms with Gasteiger partial charge in [-0.15, -0.1) is 0 Å². The van der Waals surface area contributed by atoms with Crippen LogP contribution in [0.25, 0.3) is 0 Å². The molecule has 0 radical (unpaired) electrons. The fraction of sp³-hybridized carbons (Fsp3) is 0.0526. The van der Waals surface area contributed by atoms with Gasteiger partial charge in [0.25, 0.3) is 0 Å². The van der Waals surface area contributed by atoms with Gasteiger partial charge in [-0.25, -0.2) is 4.39 Å². The monoisotopic (exact) mass is 326 g/mol. The number of aliphatic hydroxyl groups is 1. The van der Waals surface area contributed by atoms with Crippen LogP contribution in [0.3, 0.4) is 0 Å². The Kier molecular flexibility index (Phi) is 4.42. The Morgan fingerprint density at radius 1 is 0.739 bits per heavy atom. The average Bonchev–Trinajstić information content (AvgIpc) is 2.62. The molecule has 0 aliphatic heterocycles. The topological polar surface area (TPSA) is 37.3 Å². The van der Waals surface area contributed by atoms with Gasteiger partial charge in [-0.2, -0.15) is 0 Å². The lowest BCUT2D eigenvalue weighted by Crippen LogP contribution is -2.21. The largest absolute Gasteiger partial charge is 0.380 e. The molecule has 23 heavy (non-hydrogen) atoms. The normalized spacial score (nSPS) is 12.8. The van der Waals surface area contributed by atoms with E-state index >= 15 is 0 Å². The van der Waals surface area contributed by atoms with Crippen molar-refractivity contribution < 1.29 is 14.1 Å². The number of hydrogen-bond donors (Lipinski definition) is 1. The van der Waals surface area contributed by atoms with Crippen LogP contribution in [0.2, 0.25) is 0 Å². The van der Waals surface area contributed by atoms with Crippen molar-refractivity contribution in [2.75, 3.05) is 0 Å². The molecule has 3 rings (SSSR count). The molecular weight excluding hydrogens is 310 g/mol. The first kappa shape index (κ1) is 15.7. The third-order valence-electron chi connectivity index (χ3n) is 3.79. The van der Waals surface area contributed by atoms with Crippen molar-refractivity contribution in [3.8, 4) is 0 Å². The van der Waals surface area contributed by atoms with Gasteiger partial charge in [0.2, 0.25) is 0 Å². The van der Waals surface area contributed by atoms with Gasteiger partial charge in [-0.05, 0) is 17.7 Å². The summed E-state index contributed by atoms with van der Waals surface area (Å²) in [6.07, 6.45) is 0.